The zero-order valence-corrected chi connectivity index (χ0v) is 15.5. The summed E-state index contributed by atoms with van der Waals surface area (Å²) in [4.78, 5) is 11.9. The highest BCUT2D eigenvalue weighted by atomic mass is 16.2. The fraction of sp³-hybridized carbons (Fsp3) is 0.571. The van der Waals surface area contributed by atoms with Crippen LogP contribution in [-0.2, 0) is 11.2 Å². The molecule has 0 aliphatic carbocycles. The lowest BCUT2D eigenvalue weighted by atomic mass is 9.96. The molecule has 2 rings (SSSR count). The first-order valence-corrected chi connectivity index (χ1v) is 9.36. The topological polar surface area (TPSA) is 32.3 Å². The number of nitrogens with one attached hydrogen (secondary N) is 1. The highest BCUT2D eigenvalue weighted by Gasteiger charge is 2.41. The summed E-state index contributed by atoms with van der Waals surface area (Å²) in [5.74, 6) is -0.0906. The number of nitrogens with zero attached hydrogens (tertiary/aromatic N) is 1. The van der Waals surface area contributed by atoms with Crippen molar-refractivity contribution in [3.63, 3.8) is 0 Å². The maximum atomic E-state index is 11.9. The molecule has 1 N–H and O–H groups in total. The number of amides is 1. The Morgan fingerprint density at radius 1 is 1.00 bits per heavy atom. The maximum absolute atomic E-state index is 11.9. The summed E-state index contributed by atoms with van der Waals surface area (Å²) in [5.41, 5.74) is 5.49. The summed E-state index contributed by atoms with van der Waals surface area (Å²) in [7, 11) is 0. The average molecular weight is 328 g/mol. The average Bonchev–Trinajstić information content (AvgIpc) is 2.78. The Morgan fingerprint density at radius 2 is 1.58 bits per heavy atom. The summed E-state index contributed by atoms with van der Waals surface area (Å²) in [6.45, 7) is 10.2. The van der Waals surface area contributed by atoms with Crippen LogP contribution in [0.4, 0.5) is 5.69 Å². The molecule has 132 valence electrons. The van der Waals surface area contributed by atoms with Crippen LogP contribution in [-0.4, -0.2) is 11.4 Å². The predicted molar refractivity (Wildman–Crippen MR) is 102 cm³/mol. The van der Waals surface area contributed by atoms with Gasteiger partial charge >= 0.3 is 0 Å². The molecule has 0 radical (unpaired) electrons. The second kappa shape index (κ2) is 8.36. The minimum absolute atomic E-state index is 0.0906. The van der Waals surface area contributed by atoms with E-state index >= 15 is 0 Å². The molecular weight excluding hydrogens is 296 g/mol. The van der Waals surface area contributed by atoms with Crippen LogP contribution in [0.1, 0.15) is 71.3 Å². The lowest BCUT2D eigenvalue weighted by Crippen LogP contribution is -2.44. The van der Waals surface area contributed by atoms with Crippen LogP contribution in [0.2, 0.25) is 0 Å². The van der Waals surface area contributed by atoms with Crippen molar-refractivity contribution in [2.75, 3.05) is 5.01 Å². The van der Waals surface area contributed by atoms with Gasteiger partial charge in [-0.05, 0) is 44.4 Å². The Labute approximate surface area is 147 Å². The molecule has 1 heterocycles. The van der Waals surface area contributed by atoms with E-state index in [4.69, 9.17) is 0 Å². The minimum Gasteiger partial charge on any atom is -0.275 e. The first kappa shape index (κ1) is 18.6. The number of carbonyl (C=O) groups is 1. The Balaban J connectivity index is 1.81. The van der Waals surface area contributed by atoms with Crippen LogP contribution < -0.4 is 10.4 Å². The molecular formula is C21H32N2O. The summed E-state index contributed by atoms with van der Waals surface area (Å²) in [6.07, 6.45) is 10.5. The second-order valence-electron chi connectivity index (χ2n) is 7.35. The number of anilines is 1. The number of rotatable bonds is 9. The van der Waals surface area contributed by atoms with E-state index in [1.54, 1.807) is 0 Å². The number of benzene rings is 1. The highest BCUT2D eigenvalue weighted by Crippen LogP contribution is 2.32. The largest absolute Gasteiger partial charge is 0.275 e. The van der Waals surface area contributed by atoms with Gasteiger partial charge in [0, 0.05) is 5.57 Å². The van der Waals surface area contributed by atoms with Gasteiger partial charge in [0.1, 0.15) is 0 Å². The van der Waals surface area contributed by atoms with E-state index in [9.17, 15) is 4.79 Å². The first-order valence-electron chi connectivity index (χ1n) is 9.36. The molecule has 0 bridgehead atoms. The van der Waals surface area contributed by atoms with E-state index in [2.05, 4.69) is 43.2 Å². The lowest BCUT2D eigenvalue weighted by molar-refractivity contribution is -0.116. The van der Waals surface area contributed by atoms with Gasteiger partial charge in [-0.15, -0.1) is 0 Å². The number of carbonyl (C=O) groups excluding carboxylic acids is 1. The van der Waals surface area contributed by atoms with E-state index < -0.39 is 5.54 Å². The molecule has 0 saturated carbocycles. The lowest BCUT2D eigenvalue weighted by Gasteiger charge is -2.32. The van der Waals surface area contributed by atoms with E-state index in [0.29, 0.717) is 5.57 Å². The molecule has 1 fully saturated rings. The van der Waals surface area contributed by atoms with Crippen molar-refractivity contribution >= 4 is 11.6 Å². The third-order valence-corrected chi connectivity index (χ3v) is 5.05. The van der Waals surface area contributed by atoms with Gasteiger partial charge in [0.25, 0.3) is 5.91 Å². The monoisotopic (exact) mass is 328 g/mol. The molecule has 1 aromatic carbocycles. The highest BCUT2D eigenvalue weighted by molar-refractivity contribution is 6.00. The summed E-state index contributed by atoms with van der Waals surface area (Å²) in [6, 6.07) is 8.54. The van der Waals surface area contributed by atoms with Gasteiger partial charge in [-0.1, -0.05) is 64.2 Å². The number of hydrazine groups is 1. The van der Waals surface area contributed by atoms with Crippen LogP contribution in [0.15, 0.2) is 36.4 Å². The zero-order chi connectivity index (χ0) is 17.6. The van der Waals surface area contributed by atoms with Crippen molar-refractivity contribution in [3.8, 4) is 0 Å². The number of hydrogen-bond donors (Lipinski definition) is 1. The molecule has 1 saturated heterocycles. The number of unbranched alkanes of at least 4 members (excludes halogenated alkanes) is 6. The third-order valence-electron chi connectivity index (χ3n) is 5.05. The molecule has 1 amide bonds. The van der Waals surface area contributed by atoms with Crippen molar-refractivity contribution in [2.45, 2.75) is 77.7 Å². The molecule has 0 atom stereocenters. The van der Waals surface area contributed by atoms with Crippen LogP contribution >= 0.6 is 0 Å². The Morgan fingerprint density at radius 3 is 2.12 bits per heavy atom. The molecule has 3 nitrogen and oxygen atoms in total. The Hall–Kier alpha value is -1.77. The maximum Gasteiger partial charge on any atom is 0.267 e. The van der Waals surface area contributed by atoms with E-state index in [1.165, 1.54) is 50.5 Å². The van der Waals surface area contributed by atoms with Gasteiger partial charge in [-0.2, -0.15) is 0 Å². The Bertz CT molecular complexity index is 560. The molecule has 1 aliphatic rings. The van der Waals surface area contributed by atoms with Crippen LogP contribution in [0.3, 0.4) is 0 Å². The molecule has 3 heteroatoms. The molecule has 1 aromatic rings. The smallest absolute Gasteiger partial charge is 0.267 e. The fourth-order valence-corrected chi connectivity index (χ4v) is 3.21. The normalized spacial score (nSPS) is 16.5. The van der Waals surface area contributed by atoms with Crippen molar-refractivity contribution in [2.24, 2.45) is 0 Å². The van der Waals surface area contributed by atoms with Gasteiger partial charge in [-0.25, -0.2) is 0 Å². The predicted octanol–water partition coefficient (Wildman–Crippen LogP) is 5.17. The number of hydrogen-bond acceptors (Lipinski definition) is 2. The van der Waals surface area contributed by atoms with Crippen LogP contribution in [0, 0.1) is 0 Å². The molecule has 1 aliphatic heterocycles. The number of aryl methyl sites for hydroxylation is 1. The minimum atomic E-state index is -0.392. The second-order valence-corrected chi connectivity index (χ2v) is 7.35. The SMILES string of the molecule is C=C1C(=O)NN(c2ccc(CCCCCCCCC)cc2)C1(C)C. The van der Waals surface area contributed by atoms with Gasteiger partial charge in [0.05, 0.1) is 11.2 Å². The fourth-order valence-electron chi connectivity index (χ4n) is 3.21. The quantitative estimate of drug-likeness (QED) is 0.501. The van der Waals surface area contributed by atoms with Gasteiger partial charge in [0.15, 0.2) is 0 Å². The summed E-state index contributed by atoms with van der Waals surface area (Å²) >= 11 is 0. The van der Waals surface area contributed by atoms with Crippen molar-refractivity contribution < 1.29 is 4.79 Å². The molecule has 0 unspecified atom stereocenters. The van der Waals surface area contributed by atoms with E-state index in [1.807, 2.05) is 18.9 Å². The standard InChI is InChI=1S/C21H32N2O/c1-5-6-7-8-9-10-11-12-18-13-15-19(16-14-18)23-21(3,4)17(2)20(24)22-23/h13-16H,2,5-12H2,1,3-4H3,(H,22,24). The first-order chi connectivity index (χ1) is 11.5. The third kappa shape index (κ3) is 4.40. The zero-order valence-electron chi connectivity index (χ0n) is 15.5. The van der Waals surface area contributed by atoms with Gasteiger partial charge < -0.3 is 0 Å². The molecule has 24 heavy (non-hydrogen) atoms. The summed E-state index contributed by atoms with van der Waals surface area (Å²) < 4.78 is 0. The van der Waals surface area contributed by atoms with E-state index in [0.717, 1.165) is 12.1 Å². The van der Waals surface area contributed by atoms with Gasteiger partial charge in [0.2, 0.25) is 0 Å². The van der Waals surface area contributed by atoms with Crippen molar-refractivity contribution in [1.29, 1.82) is 0 Å². The summed E-state index contributed by atoms with van der Waals surface area (Å²) in [5, 5.41) is 1.91. The van der Waals surface area contributed by atoms with Crippen molar-refractivity contribution in [1.82, 2.24) is 5.43 Å². The molecule has 0 aromatic heterocycles. The van der Waals surface area contributed by atoms with Crippen LogP contribution in [0.25, 0.3) is 0 Å². The van der Waals surface area contributed by atoms with Crippen molar-refractivity contribution in [3.05, 3.63) is 42.0 Å². The van der Waals surface area contributed by atoms with Gasteiger partial charge in [-0.3, -0.25) is 15.2 Å². The van der Waals surface area contributed by atoms with E-state index in [-0.39, 0.29) is 5.91 Å². The van der Waals surface area contributed by atoms with Crippen LogP contribution in [0.5, 0.6) is 0 Å². The molecule has 0 spiro atoms. The Kier molecular flexibility index (Phi) is 6.47.